The molecule has 11 heteroatoms. The molecule has 3 N–H and O–H groups in total. The van der Waals surface area contributed by atoms with Gasteiger partial charge in [0, 0.05) is 43.6 Å². The van der Waals surface area contributed by atoms with Gasteiger partial charge in [-0.2, -0.15) is 18.2 Å². The zero-order valence-corrected chi connectivity index (χ0v) is 16.7. The first-order valence-corrected chi connectivity index (χ1v) is 9.42. The van der Waals surface area contributed by atoms with Gasteiger partial charge in [-0.1, -0.05) is 6.58 Å². The molecule has 1 aliphatic rings. The quantitative estimate of drug-likeness (QED) is 0.605. The van der Waals surface area contributed by atoms with E-state index in [1.807, 2.05) is 0 Å². The lowest BCUT2D eigenvalue weighted by Gasteiger charge is -2.18. The van der Waals surface area contributed by atoms with Crippen molar-refractivity contribution in [1.82, 2.24) is 14.9 Å². The fourth-order valence-electron chi connectivity index (χ4n) is 3.17. The minimum absolute atomic E-state index is 0.0546. The van der Waals surface area contributed by atoms with Gasteiger partial charge in [0.15, 0.2) is 0 Å². The number of nitrogens with one attached hydrogen (secondary N) is 3. The van der Waals surface area contributed by atoms with Crippen molar-refractivity contribution in [3.05, 3.63) is 54.2 Å². The van der Waals surface area contributed by atoms with Crippen LogP contribution in [0.3, 0.4) is 0 Å². The van der Waals surface area contributed by atoms with E-state index in [4.69, 9.17) is 0 Å². The van der Waals surface area contributed by atoms with E-state index in [2.05, 4.69) is 32.5 Å². The van der Waals surface area contributed by atoms with Gasteiger partial charge in [0.2, 0.25) is 11.9 Å². The van der Waals surface area contributed by atoms with Crippen molar-refractivity contribution in [3.8, 4) is 0 Å². The average molecular weight is 434 g/mol. The number of halogens is 3. The lowest BCUT2D eigenvalue weighted by atomic mass is 10.2. The molecule has 0 spiro atoms. The molecule has 2 heterocycles. The minimum atomic E-state index is -4.56. The second-order valence-electron chi connectivity index (χ2n) is 6.86. The molecule has 0 bridgehead atoms. The van der Waals surface area contributed by atoms with Crippen LogP contribution in [0, 0.1) is 0 Å². The topological polar surface area (TPSA) is 99.3 Å². The molecule has 0 radical (unpaired) electrons. The van der Waals surface area contributed by atoms with Crippen LogP contribution in [-0.4, -0.2) is 52.9 Å². The number of anilines is 3. The van der Waals surface area contributed by atoms with Crippen LogP contribution in [0.25, 0.3) is 0 Å². The molecule has 1 saturated heterocycles. The van der Waals surface area contributed by atoms with Gasteiger partial charge in [0.05, 0.1) is 0 Å². The Morgan fingerprint density at radius 3 is 2.58 bits per heavy atom. The highest BCUT2D eigenvalue weighted by Gasteiger charge is 2.35. The molecule has 0 aliphatic carbocycles. The van der Waals surface area contributed by atoms with Crippen molar-refractivity contribution in [1.29, 1.82) is 0 Å². The lowest BCUT2D eigenvalue weighted by Crippen LogP contribution is -2.32. The molecule has 1 aromatic heterocycles. The highest BCUT2D eigenvalue weighted by molar-refractivity contribution is 5.99. The van der Waals surface area contributed by atoms with Crippen LogP contribution >= 0.6 is 0 Å². The van der Waals surface area contributed by atoms with E-state index in [-0.39, 0.29) is 29.6 Å². The molecular weight excluding hydrogens is 413 g/mol. The van der Waals surface area contributed by atoms with Gasteiger partial charge in [0.25, 0.3) is 5.91 Å². The Morgan fingerprint density at radius 2 is 1.97 bits per heavy atom. The maximum atomic E-state index is 13.0. The molecule has 31 heavy (non-hydrogen) atoms. The third-order valence-corrected chi connectivity index (χ3v) is 4.72. The number of hydrogen-bond acceptors (Lipinski definition) is 6. The van der Waals surface area contributed by atoms with E-state index in [9.17, 15) is 22.8 Å². The third kappa shape index (κ3) is 5.30. The van der Waals surface area contributed by atoms with E-state index in [0.29, 0.717) is 30.8 Å². The summed E-state index contributed by atoms with van der Waals surface area (Å²) in [6, 6.07) is 6.27. The van der Waals surface area contributed by atoms with Crippen LogP contribution < -0.4 is 16.0 Å². The maximum Gasteiger partial charge on any atom is 0.421 e. The van der Waals surface area contributed by atoms with Crippen molar-refractivity contribution in [2.45, 2.75) is 18.6 Å². The number of carbonyl (C=O) groups excluding carboxylic acids is 2. The lowest BCUT2D eigenvalue weighted by molar-refractivity contribution is -0.137. The minimum Gasteiger partial charge on any atom is -0.372 e. The van der Waals surface area contributed by atoms with Crippen LogP contribution in [0.1, 0.15) is 22.3 Å². The Morgan fingerprint density at radius 1 is 1.26 bits per heavy atom. The van der Waals surface area contributed by atoms with Crippen LogP contribution in [0.4, 0.5) is 30.6 Å². The molecule has 164 valence electrons. The first-order chi connectivity index (χ1) is 14.7. The molecule has 1 atom stereocenters. The predicted molar refractivity (Wildman–Crippen MR) is 110 cm³/mol. The van der Waals surface area contributed by atoms with Gasteiger partial charge in [-0.3, -0.25) is 9.59 Å². The second-order valence-corrected chi connectivity index (χ2v) is 6.86. The molecule has 2 amide bonds. The largest absolute Gasteiger partial charge is 0.421 e. The normalized spacial score (nSPS) is 16.0. The Labute approximate surface area is 176 Å². The van der Waals surface area contributed by atoms with Gasteiger partial charge < -0.3 is 20.9 Å². The van der Waals surface area contributed by atoms with Crippen LogP contribution in [0.5, 0.6) is 0 Å². The third-order valence-electron chi connectivity index (χ3n) is 4.72. The molecule has 3 rings (SSSR count). The van der Waals surface area contributed by atoms with Crippen molar-refractivity contribution >= 4 is 29.3 Å². The van der Waals surface area contributed by atoms with Gasteiger partial charge in [-0.25, -0.2) is 4.98 Å². The number of hydrogen-bond donors (Lipinski definition) is 3. The van der Waals surface area contributed by atoms with Gasteiger partial charge >= 0.3 is 6.18 Å². The Hall–Kier alpha value is -3.63. The number of benzene rings is 1. The summed E-state index contributed by atoms with van der Waals surface area (Å²) in [5.74, 6) is -0.798. The first-order valence-electron chi connectivity index (χ1n) is 9.42. The van der Waals surface area contributed by atoms with E-state index >= 15 is 0 Å². The van der Waals surface area contributed by atoms with Gasteiger partial charge in [0.1, 0.15) is 11.4 Å². The van der Waals surface area contributed by atoms with Crippen molar-refractivity contribution in [3.63, 3.8) is 0 Å². The van der Waals surface area contributed by atoms with E-state index < -0.39 is 11.7 Å². The summed E-state index contributed by atoms with van der Waals surface area (Å²) in [6.07, 6.45) is -2.09. The standard InChI is InChI=1S/C20H21F3N6O2/c1-3-16(30)26-13-6-4-12(5-7-13)18(31)29-9-8-14(11-29)27-19-25-10-15(20(21,22)23)17(24-2)28-19/h3-7,10,14H,1,8-9,11H2,2H3,(H,26,30)(H2,24,25,27,28)/t14-/m0/s1. The van der Waals surface area contributed by atoms with E-state index in [1.165, 1.54) is 7.05 Å². The van der Waals surface area contributed by atoms with Crippen LogP contribution in [0.15, 0.2) is 43.1 Å². The first kappa shape index (κ1) is 22.1. The Bertz CT molecular complexity index is 978. The molecule has 0 saturated carbocycles. The Balaban J connectivity index is 1.62. The molecule has 1 fully saturated rings. The van der Waals surface area contributed by atoms with E-state index in [0.717, 1.165) is 12.3 Å². The summed E-state index contributed by atoms with van der Waals surface area (Å²) >= 11 is 0. The second kappa shape index (κ2) is 9.02. The summed E-state index contributed by atoms with van der Waals surface area (Å²) in [6.45, 7) is 4.21. The average Bonchev–Trinajstić information content (AvgIpc) is 3.21. The van der Waals surface area contributed by atoms with Crippen molar-refractivity contribution in [2.75, 3.05) is 36.1 Å². The number of likely N-dealkylation sites (tertiary alicyclic amines) is 1. The molecule has 0 unspecified atom stereocenters. The van der Waals surface area contributed by atoms with Crippen molar-refractivity contribution < 1.29 is 22.8 Å². The number of amides is 2. The maximum absolute atomic E-state index is 13.0. The molecule has 8 nitrogen and oxygen atoms in total. The number of rotatable bonds is 6. The summed E-state index contributed by atoms with van der Waals surface area (Å²) in [7, 11) is 1.35. The SMILES string of the molecule is C=CC(=O)Nc1ccc(C(=O)N2CC[C@H](Nc3ncc(C(F)(F)F)c(NC)n3)C2)cc1. The molecular formula is C20H21F3N6O2. The van der Waals surface area contributed by atoms with Crippen molar-refractivity contribution in [2.24, 2.45) is 0 Å². The number of aromatic nitrogens is 2. The highest BCUT2D eigenvalue weighted by atomic mass is 19.4. The highest BCUT2D eigenvalue weighted by Crippen LogP contribution is 2.33. The summed E-state index contributed by atoms with van der Waals surface area (Å²) < 4.78 is 38.9. The van der Waals surface area contributed by atoms with Crippen LogP contribution in [0.2, 0.25) is 0 Å². The van der Waals surface area contributed by atoms with Gasteiger partial charge in [-0.05, 0) is 36.8 Å². The number of carbonyl (C=O) groups is 2. The molecule has 2 aromatic rings. The van der Waals surface area contributed by atoms with E-state index in [1.54, 1.807) is 29.2 Å². The fraction of sp³-hybridized carbons (Fsp3) is 0.300. The van der Waals surface area contributed by atoms with Crippen LogP contribution in [-0.2, 0) is 11.0 Å². The predicted octanol–water partition coefficient (Wildman–Crippen LogP) is 2.99. The Kier molecular flexibility index (Phi) is 6.42. The zero-order chi connectivity index (χ0) is 22.6. The number of nitrogens with zero attached hydrogens (tertiary/aromatic N) is 3. The summed E-state index contributed by atoms with van der Waals surface area (Å²) in [5.41, 5.74) is 0.0548. The molecule has 1 aromatic carbocycles. The summed E-state index contributed by atoms with van der Waals surface area (Å²) in [4.78, 5) is 33.3. The summed E-state index contributed by atoms with van der Waals surface area (Å²) in [5, 5.41) is 8.02. The molecule has 1 aliphatic heterocycles. The zero-order valence-electron chi connectivity index (χ0n) is 16.7. The number of alkyl halides is 3. The van der Waals surface area contributed by atoms with Gasteiger partial charge in [-0.15, -0.1) is 0 Å². The monoisotopic (exact) mass is 434 g/mol. The fourth-order valence-corrected chi connectivity index (χ4v) is 3.17. The smallest absolute Gasteiger partial charge is 0.372 e.